The third-order valence-electron chi connectivity index (χ3n) is 5.83. The van der Waals surface area contributed by atoms with Gasteiger partial charge in [0.1, 0.15) is 32.2 Å². The van der Waals surface area contributed by atoms with Crippen molar-refractivity contribution < 1.29 is 24.1 Å². The van der Waals surface area contributed by atoms with Crippen LogP contribution in [0.3, 0.4) is 0 Å². The molecule has 3 N–H and O–H groups in total. The highest BCUT2D eigenvalue weighted by atomic mass is 16.5. The molecule has 1 saturated heterocycles. The van der Waals surface area contributed by atoms with E-state index in [2.05, 4.69) is 43.6 Å². The third-order valence-corrected chi connectivity index (χ3v) is 5.83. The molecule has 0 aliphatic carbocycles. The van der Waals surface area contributed by atoms with Gasteiger partial charge in [-0.1, -0.05) is 29.8 Å². The summed E-state index contributed by atoms with van der Waals surface area (Å²) in [6.07, 6.45) is 0. The summed E-state index contributed by atoms with van der Waals surface area (Å²) in [6, 6.07) is 14.2. The van der Waals surface area contributed by atoms with E-state index in [1.807, 2.05) is 0 Å². The van der Waals surface area contributed by atoms with Gasteiger partial charge < -0.3 is 24.6 Å². The van der Waals surface area contributed by atoms with Crippen LogP contribution >= 0.6 is 0 Å². The van der Waals surface area contributed by atoms with E-state index in [9.17, 15) is 4.79 Å². The number of hydrogen-bond acceptors (Lipinski definition) is 3. The number of nitrogens with one attached hydrogen (secondary N) is 3. The Morgan fingerprint density at radius 3 is 2.28 bits per heavy atom. The monoisotopic (exact) mass is 399 g/mol. The second-order valence-electron chi connectivity index (χ2n) is 7.86. The van der Waals surface area contributed by atoms with E-state index in [0.717, 1.165) is 26.2 Å². The van der Waals surface area contributed by atoms with Gasteiger partial charge in [-0.25, -0.2) is 0 Å². The van der Waals surface area contributed by atoms with Gasteiger partial charge >= 0.3 is 0 Å². The number of methoxy groups -OCH3 is 2. The number of ether oxygens (including phenoxy) is 2. The molecule has 6 heteroatoms. The minimum absolute atomic E-state index is 0.0952. The van der Waals surface area contributed by atoms with E-state index >= 15 is 0 Å². The van der Waals surface area contributed by atoms with Crippen LogP contribution in [0.15, 0.2) is 42.5 Å². The lowest BCUT2D eigenvalue weighted by molar-refractivity contribution is -1.02. The first kappa shape index (κ1) is 21.1. The van der Waals surface area contributed by atoms with Crippen molar-refractivity contribution in [3.8, 4) is 11.5 Å². The molecule has 0 aromatic heterocycles. The van der Waals surface area contributed by atoms with Gasteiger partial charge in [-0.2, -0.15) is 0 Å². The summed E-state index contributed by atoms with van der Waals surface area (Å²) in [7, 11) is 5.41. The third kappa shape index (κ3) is 5.28. The molecule has 1 amide bonds. The Bertz CT molecular complexity index is 815. The molecular formula is C23H33N3O3+2. The Kier molecular flexibility index (Phi) is 7.12. The Morgan fingerprint density at radius 1 is 1.00 bits per heavy atom. The van der Waals surface area contributed by atoms with Crippen LogP contribution in [0.2, 0.25) is 0 Å². The van der Waals surface area contributed by atoms with Crippen molar-refractivity contribution in [2.45, 2.75) is 13.0 Å². The second kappa shape index (κ2) is 9.76. The molecule has 2 aromatic carbocycles. The van der Waals surface area contributed by atoms with Crippen molar-refractivity contribution in [3.63, 3.8) is 0 Å². The highest BCUT2D eigenvalue weighted by Gasteiger charge is 2.29. The fourth-order valence-electron chi connectivity index (χ4n) is 3.92. The number of likely N-dealkylation sites (N-methyl/N-ethyl adjacent to an activating group) is 1. The van der Waals surface area contributed by atoms with E-state index < -0.39 is 0 Å². The Hall–Kier alpha value is -2.57. The molecule has 1 atom stereocenters. The summed E-state index contributed by atoms with van der Waals surface area (Å²) in [5.74, 6) is 1.08. The number of quaternary nitrogens is 2. The first-order chi connectivity index (χ1) is 14.0. The molecule has 0 bridgehead atoms. The van der Waals surface area contributed by atoms with Gasteiger partial charge in [-0.05, 0) is 25.1 Å². The van der Waals surface area contributed by atoms with E-state index in [0.29, 0.717) is 23.6 Å². The van der Waals surface area contributed by atoms with Crippen LogP contribution in [-0.4, -0.2) is 59.9 Å². The molecule has 0 spiro atoms. The summed E-state index contributed by atoms with van der Waals surface area (Å²) in [5, 5.41) is 3.15. The Labute approximate surface area is 173 Å². The maximum atomic E-state index is 12.8. The SMILES string of the molecule is COc1ccc(C(=O)NC[C@@H](c2ccc(C)cc2)[NH+]2CC[NH+](C)CC2)cc1OC. The normalized spacial score (nSPS) is 20.0. The summed E-state index contributed by atoms with van der Waals surface area (Å²) >= 11 is 0. The fraction of sp³-hybridized carbons (Fsp3) is 0.435. The average Bonchev–Trinajstić information content (AvgIpc) is 2.75. The lowest BCUT2D eigenvalue weighted by atomic mass is 10.0. The maximum absolute atomic E-state index is 12.8. The van der Waals surface area contributed by atoms with Crippen LogP contribution in [0.4, 0.5) is 0 Å². The van der Waals surface area contributed by atoms with Crippen molar-refractivity contribution in [3.05, 3.63) is 59.2 Å². The molecule has 1 aliphatic heterocycles. The van der Waals surface area contributed by atoms with Crippen LogP contribution in [0.1, 0.15) is 27.5 Å². The number of hydrogen-bond donors (Lipinski definition) is 3. The lowest BCUT2D eigenvalue weighted by Crippen LogP contribution is -3.27. The first-order valence-electron chi connectivity index (χ1n) is 10.2. The Balaban J connectivity index is 1.74. The number of benzene rings is 2. The molecule has 156 valence electrons. The van der Waals surface area contributed by atoms with Gasteiger partial charge in [-0.3, -0.25) is 4.79 Å². The standard InChI is InChI=1S/C23H31N3O3/c1-17-5-7-18(8-6-17)20(26-13-11-25(2)12-14-26)16-24-23(27)19-9-10-21(28-3)22(15-19)29-4/h5-10,15,20H,11-14,16H2,1-4H3,(H,24,27)/p+2/t20-/m0/s1. The van der Waals surface area contributed by atoms with Crippen LogP contribution < -0.4 is 24.6 Å². The molecular weight excluding hydrogens is 366 g/mol. The quantitative estimate of drug-likeness (QED) is 0.609. The molecule has 1 fully saturated rings. The zero-order valence-corrected chi connectivity index (χ0v) is 17.9. The largest absolute Gasteiger partial charge is 0.493 e. The zero-order valence-electron chi connectivity index (χ0n) is 17.9. The summed E-state index contributed by atoms with van der Waals surface area (Å²) in [5.41, 5.74) is 3.10. The van der Waals surface area contributed by atoms with E-state index in [-0.39, 0.29) is 11.9 Å². The molecule has 1 aliphatic rings. The molecule has 1 heterocycles. The van der Waals surface area contributed by atoms with Crippen molar-refractivity contribution in [1.82, 2.24) is 5.32 Å². The average molecular weight is 400 g/mol. The van der Waals surface area contributed by atoms with Gasteiger partial charge in [-0.15, -0.1) is 0 Å². The highest BCUT2D eigenvalue weighted by molar-refractivity contribution is 5.94. The Morgan fingerprint density at radius 2 is 1.66 bits per heavy atom. The number of carbonyl (C=O) groups excluding carboxylic acids is 1. The van der Waals surface area contributed by atoms with Gasteiger partial charge in [0.15, 0.2) is 11.5 Å². The predicted octanol–water partition coefficient (Wildman–Crippen LogP) is -0.103. The smallest absolute Gasteiger partial charge is 0.251 e. The predicted molar refractivity (Wildman–Crippen MR) is 113 cm³/mol. The molecule has 3 rings (SSSR count). The number of carbonyl (C=O) groups is 1. The summed E-state index contributed by atoms with van der Waals surface area (Å²) in [4.78, 5) is 15.9. The van der Waals surface area contributed by atoms with E-state index in [1.165, 1.54) is 16.0 Å². The number of rotatable bonds is 7. The highest BCUT2D eigenvalue weighted by Crippen LogP contribution is 2.27. The van der Waals surface area contributed by atoms with Crippen LogP contribution in [0.5, 0.6) is 11.5 Å². The van der Waals surface area contributed by atoms with Crippen LogP contribution in [0.25, 0.3) is 0 Å². The molecule has 0 saturated carbocycles. The van der Waals surface area contributed by atoms with E-state index in [4.69, 9.17) is 9.47 Å². The molecule has 6 nitrogen and oxygen atoms in total. The number of piperazine rings is 1. The second-order valence-corrected chi connectivity index (χ2v) is 7.86. The van der Waals surface area contributed by atoms with Crippen molar-refractivity contribution in [2.75, 3.05) is 54.0 Å². The minimum atomic E-state index is -0.0952. The van der Waals surface area contributed by atoms with Gasteiger partial charge in [0, 0.05) is 11.1 Å². The number of amides is 1. The van der Waals surface area contributed by atoms with Crippen molar-refractivity contribution in [1.29, 1.82) is 0 Å². The molecule has 0 radical (unpaired) electrons. The zero-order chi connectivity index (χ0) is 20.8. The molecule has 29 heavy (non-hydrogen) atoms. The fourth-order valence-corrected chi connectivity index (χ4v) is 3.92. The van der Waals surface area contributed by atoms with E-state index in [1.54, 1.807) is 37.3 Å². The van der Waals surface area contributed by atoms with Gasteiger partial charge in [0.2, 0.25) is 0 Å². The van der Waals surface area contributed by atoms with Crippen LogP contribution in [0, 0.1) is 6.92 Å². The molecule has 0 unspecified atom stereocenters. The summed E-state index contributed by atoms with van der Waals surface area (Å²) < 4.78 is 10.6. The first-order valence-corrected chi connectivity index (χ1v) is 10.2. The maximum Gasteiger partial charge on any atom is 0.251 e. The minimum Gasteiger partial charge on any atom is -0.493 e. The lowest BCUT2D eigenvalue weighted by Gasteiger charge is -2.33. The summed E-state index contributed by atoms with van der Waals surface area (Å²) in [6.45, 7) is 7.23. The van der Waals surface area contributed by atoms with Crippen molar-refractivity contribution >= 4 is 5.91 Å². The topological polar surface area (TPSA) is 56.4 Å². The van der Waals surface area contributed by atoms with Crippen molar-refractivity contribution in [2.24, 2.45) is 0 Å². The van der Waals surface area contributed by atoms with Gasteiger partial charge in [0.05, 0.1) is 27.8 Å². The van der Waals surface area contributed by atoms with Gasteiger partial charge in [0.25, 0.3) is 5.91 Å². The molecule has 2 aromatic rings. The van der Waals surface area contributed by atoms with Crippen LogP contribution in [-0.2, 0) is 0 Å². The number of aryl methyl sites for hydroxylation is 1.